The molecule has 0 unspecified atom stereocenters. The molecule has 6 heteroatoms. The summed E-state index contributed by atoms with van der Waals surface area (Å²) in [6.07, 6.45) is -0.352. The number of rotatable bonds is 5. The zero-order valence-corrected chi connectivity index (χ0v) is 13.7. The molecule has 0 spiro atoms. The maximum atomic E-state index is 11.7. The highest BCUT2D eigenvalue weighted by molar-refractivity contribution is 6.32. The number of benzene rings is 1. The fraction of sp³-hybridized carbons (Fsp3) is 0.533. The Morgan fingerprint density at radius 3 is 2.71 bits per heavy atom. The van der Waals surface area contributed by atoms with E-state index in [2.05, 4.69) is 5.32 Å². The predicted octanol–water partition coefficient (Wildman–Crippen LogP) is 3.00. The van der Waals surface area contributed by atoms with Gasteiger partial charge in [0.2, 0.25) is 0 Å². The molecule has 2 N–H and O–H groups in total. The number of likely N-dealkylation sites (N-methyl/N-ethyl adjacent to an activating group) is 1. The van der Waals surface area contributed by atoms with Gasteiger partial charge in [-0.1, -0.05) is 23.7 Å². The molecule has 0 bridgehead atoms. The van der Waals surface area contributed by atoms with E-state index < -0.39 is 5.60 Å². The molecule has 118 valence electrons. The Morgan fingerprint density at radius 1 is 1.43 bits per heavy atom. The summed E-state index contributed by atoms with van der Waals surface area (Å²) in [7, 11) is 1.69. The smallest absolute Gasteiger partial charge is 0.410 e. The number of nitrogens with zero attached hydrogens (tertiary/aromatic N) is 1. The monoisotopic (exact) mass is 314 g/mol. The number of amides is 1. The minimum absolute atomic E-state index is 0.0900. The van der Waals surface area contributed by atoms with Gasteiger partial charge in [0.15, 0.2) is 0 Å². The second-order valence-corrected chi connectivity index (χ2v) is 6.23. The molecule has 0 aliphatic carbocycles. The van der Waals surface area contributed by atoms with E-state index in [0.717, 1.165) is 5.56 Å². The lowest BCUT2D eigenvalue weighted by Crippen LogP contribution is -2.37. The molecule has 0 atom stereocenters. The largest absolute Gasteiger partial charge is 0.506 e. The van der Waals surface area contributed by atoms with E-state index in [1.54, 1.807) is 25.2 Å². The maximum absolute atomic E-state index is 11.7. The molecule has 0 saturated heterocycles. The van der Waals surface area contributed by atoms with Crippen LogP contribution in [0.1, 0.15) is 26.3 Å². The second-order valence-electron chi connectivity index (χ2n) is 5.83. The van der Waals surface area contributed by atoms with Gasteiger partial charge in [-0.2, -0.15) is 0 Å². The molecule has 5 nitrogen and oxygen atoms in total. The Labute approximate surface area is 130 Å². The Morgan fingerprint density at radius 2 is 2.10 bits per heavy atom. The van der Waals surface area contributed by atoms with Crippen molar-refractivity contribution in [3.05, 3.63) is 28.8 Å². The van der Waals surface area contributed by atoms with Crippen LogP contribution in [0.5, 0.6) is 5.75 Å². The summed E-state index contributed by atoms with van der Waals surface area (Å²) in [5, 5.41) is 13.2. The molecule has 0 saturated carbocycles. The molecule has 0 fully saturated rings. The number of para-hydroxylation sites is 1. The first-order chi connectivity index (χ1) is 9.70. The minimum Gasteiger partial charge on any atom is -0.506 e. The first-order valence-corrected chi connectivity index (χ1v) is 7.19. The number of carbonyl (C=O) groups excluding carboxylic acids is 1. The summed E-state index contributed by atoms with van der Waals surface area (Å²) in [6, 6.07) is 5.22. The van der Waals surface area contributed by atoms with Crippen LogP contribution >= 0.6 is 11.6 Å². The van der Waals surface area contributed by atoms with Gasteiger partial charge in [-0.15, -0.1) is 0 Å². The fourth-order valence-corrected chi connectivity index (χ4v) is 1.80. The number of aromatic hydroxyl groups is 1. The van der Waals surface area contributed by atoms with Crippen molar-refractivity contribution in [1.29, 1.82) is 0 Å². The topological polar surface area (TPSA) is 61.8 Å². The number of hydrogen-bond acceptors (Lipinski definition) is 4. The highest BCUT2D eigenvalue weighted by Crippen LogP contribution is 2.26. The van der Waals surface area contributed by atoms with Crippen molar-refractivity contribution in [3.63, 3.8) is 0 Å². The van der Waals surface area contributed by atoms with Crippen molar-refractivity contribution in [3.8, 4) is 5.75 Å². The summed E-state index contributed by atoms with van der Waals surface area (Å²) in [6.45, 7) is 7.07. The third-order valence-electron chi connectivity index (χ3n) is 2.71. The van der Waals surface area contributed by atoms with Crippen LogP contribution < -0.4 is 5.32 Å². The Hall–Kier alpha value is -1.46. The van der Waals surface area contributed by atoms with Gasteiger partial charge < -0.3 is 20.1 Å². The molecular weight excluding hydrogens is 292 g/mol. The number of phenols is 1. The molecule has 1 aromatic rings. The van der Waals surface area contributed by atoms with Crippen LogP contribution in [0.25, 0.3) is 0 Å². The van der Waals surface area contributed by atoms with Crippen LogP contribution in [0.15, 0.2) is 18.2 Å². The third-order valence-corrected chi connectivity index (χ3v) is 3.02. The summed E-state index contributed by atoms with van der Waals surface area (Å²) in [5.74, 6) is 0.0900. The van der Waals surface area contributed by atoms with E-state index >= 15 is 0 Å². The molecule has 1 rings (SSSR count). The number of carbonyl (C=O) groups is 1. The number of hydrogen-bond donors (Lipinski definition) is 2. The molecule has 21 heavy (non-hydrogen) atoms. The normalized spacial score (nSPS) is 11.3. The Balaban J connectivity index is 2.34. The second kappa shape index (κ2) is 7.52. The Kier molecular flexibility index (Phi) is 6.30. The molecule has 0 aliphatic heterocycles. The van der Waals surface area contributed by atoms with E-state index in [9.17, 15) is 9.90 Å². The number of nitrogens with one attached hydrogen (secondary N) is 1. The standard InChI is InChI=1S/C15H23ClN2O3/c1-15(2,3)21-14(20)18(4)9-8-17-10-11-6-5-7-12(16)13(11)19/h5-7,17,19H,8-10H2,1-4H3. The zero-order valence-electron chi connectivity index (χ0n) is 12.9. The number of ether oxygens (including phenoxy) is 1. The highest BCUT2D eigenvalue weighted by Gasteiger charge is 2.19. The van der Waals surface area contributed by atoms with Crippen molar-refractivity contribution in [2.45, 2.75) is 32.9 Å². The lowest BCUT2D eigenvalue weighted by atomic mass is 10.2. The first kappa shape index (κ1) is 17.6. The average Bonchev–Trinajstić information content (AvgIpc) is 2.37. The fourth-order valence-electron chi connectivity index (χ4n) is 1.60. The lowest BCUT2D eigenvalue weighted by Gasteiger charge is -2.24. The highest BCUT2D eigenvalue weighted by atomic mass is 35.5. The van der Waals surface area contributed by atoms with Crippen molar-refractivity contribution in [2.75, 3.05) is 20.1 Å². The Bertz CT molecular complexity index is 486. The molecule has 0 aliphatic rings. The molecular formula is C15H23ClN2O3. The van der Waals surface area contributed by atoms with Crippen LogP contribution in [0.2, 0.25) is 5.02 Å². The average molecular weight is 315 g/mol. The summed E-state index contributed by atoms with van der Waals surface area (Å²) < 4.78 is 5.25. The van der Waals surface area contributed by atoms with E-state index in [-0.39, 0.29) is 11.8 Å². The maximum Gasteiger partial charge on any atom is 0.410 e. The van der Waals surface area contributed by atoms with Crippen LogP contribution in [0.3, 0.4) is 0 Å². The van der Waals surface area contributed by atoms with Crippen LogP contribution in [0.4, 0.5) is 4.79 Å². The van der Waals surface area contributed by atoms with Gasteiger partial charge >= 0.3 is 6.09 Å². The van der Waals surface area contributed by atoms with Gasteiger partial charge in [0.05, 0.1) is 5.02 Å². The SMILES string of the molecule is CN(CCNCc1cccc(Cl)c1O)C(=O)OC(C)(C)C. The molecule has 1 amide bonds. The van der Waals surface area contributed by atoms with Gasteiger partial charge in [0, 0.05) is 32.2 Å². The van der Waals surface area contributed by atoms with Gasteiger partial charge in [-0.3, -0.25) is 0 Å². The van der Waals surface area contributed by atoms with E-state index in [1.165, 1.54) is 4.90 Å². The molecule has 0 aromatic heterocycles. The predicted molar refractivity (Wildman–Crippen MR) is 83.7 cm³/mol. The van der Waals surface area contributed by atoms with Crippen molar-refractivity contribution in [1.82, 2.24) is 10.2 Å². The van der Waals surface area contributed by atoms with Crippen molar-refractivity contribution < 1.29 is 14.6 Å². The molecule has 1 aromatic carbocycles. The molecule has 0 heterocycles. The first-order valence-electron chi connectivity index (χ1n) is 6.82. The van der Waals surface area contributed by atoms with Gasteiger partial charge in [-0.05, 0) is 26.8 Å². The lowest BCUT2D eigenvalue weighted by molar-refractivity contribution is 0.0300. The quantitative estimate of drug-likeness (QED) is 0.820. The van der Waals surface area contributed by atoms with E-state index in [0.29, 0.717) is 24.7 Å². The van der Waals surface area contributed by atoms with Crippen molar-refractivity contribution >= 4 is 17.7 Å². The summed E-state index contributed by atoms with van der Waals surface area (Å²) in [4.78, 5) is 13.3. The summed E-state index contributed by atoms with van der Waals surface area (Å²) >= 11 is 5.83. The van der Waals surface area contributed by atoms with Crippen molar-refractivity contribution in [2.24, 2.45) is 0 Å². The van der Waals surface area contributed by atoms with E-state index in [1.807, 2.05) is 20.8 Å². The third kappa shape index (κ3) is 6.23. The van der Waals surface area contributed by atoms with Gasteiger partial charge in [0.25, 0.3) is 0 Å². The number of phenolic OH excluding ortho intramolecular Hbond substituents is 1. The van der Waals surface area contributed by atoms with Crippen LogP contribution in [0, 0.1) is 0 Å². The summed E-state index contributed by atoms with van der Waals surface area (Å²) in [5.41, 5.74) is 0.230. The van der Waals surface area contributed by atoms with Gasteiger partial charge in [0.1, 0.15) is 11.4 Å². The molecule has 0 radical (unpaired) electrons. The van der Waals surface area contributed by atoms with E-state index in [4.69, 9.17) is 16.3 Å². The number of halogens is 1. The van der Waals surface area contributed by atoms with Crippen LogP contribution in [-0.4, -0.2) is 41.8 Å². The van der Waals surface area contributed by atoms with Crippen LogP contribution in [-0.2, 0) is 11.3 Å². The zero-order chi connectivity index (χ0) is 16.0. The minimum atomic E-state index is -0.495. The van der Waals surface area contributed by atoms with Gasteiger partial charge in [-0.25, -0.2) is 4.79 Å².